The highest BCUT2D eigenvalue weighted by atomic mass is 35.5. The highest BCUT2D eigenvalue weighted by molar-refractivity contribution is 6.42. The van der Waals surface area contributed by atoms with Crippen LogP contribution in [-0.2, 0) is 0 Å². The van der Waals surface area contributed by atoms with Crippen molar-refractivity contribution in [2.24, 2.45) is 0 Å². The molecular formula is C22H21Cl2N3O. The number of carbonyl (C=O) groups is 1. The largest absolute Gasteiger partial charge is 0.357 e. The summed E-state index contributed by atoms with van der Waals surface area (Å²) in [6.45, 7) is 4.22. The van der Waals surface area contributed by atoms with E-state index in [1.165, 1.54) is 19.3 Å². The molecule has 1 aliphatic rings. The van der Waals surface area contributed by atoms with Crippen LogP contribution in [0.2, 0.25) is 10.0 Å². The van der Waals surface area contributed by atoms with Crippen molar-refractivity contribution in [1.29, 1.82) is 0 Å². The number of pyridine rings is 1. The second-order valence-electron chi connectivity index (χ2n) is 7.16. The summed E-state index contributed by atoms with van der Waals surface area (Å²) in [6, 6.07) is 12.8. The average Bonchev–Trinajstić information content (AvgIpc) is 2.71. The first-order chi connectivity index (χ1) is 13.5. The monoisotopic (exact) mass is 413 g/mol. The number of halogens is 2. The molecule has 1 saturated heterocycles. The van der Waals surface area contributed by atoms with E-state index in [1.54, 1.807) is 18.2 Å². The zero-order chi connectivity index (χ0) is 19.7. The molecule has 0 saturated carbocycles. The minimum absolute atomic E-state index is 0.228. The second kappa shape index (κ2) is 7.98. The molecule has 1 aliphatic heterocycles. The molecular weight excluding hydrogens is 393 g/mol. The van der Waals surface area contributed by atoms with Crippen LogP contribution in [0, 0.1) is 6.92 Å². The number of aryl methyl sites for hydroxylation is 1. The Kier molecular flexibility index (Phi) is 5.42. The van der Waals surface area contributed by atoms with Gasteiger partial charge in [-0.3, -0.25) is 4.79 Å². The second-order valence-corrected chi connectivity index (χ2v) is 7.97. The topological polar surface area (TPSA) is 45.2 Å². The number of aromatic nitrogens is 1. The first-order valence-corrected chi connectivity index (χ1v) is 10.2. The zero-order valence-corrected chi connectivity index (χ0v) is 17.1. The Bertz CT molecular complexity index is 1050. The van der Waals surface area contributed by atoms with Gasteiger partial charge in [0, 0.05) is 29.7 Å². The van der Waals surface area contributed by atoms with Gasteiger partial charge in [0.05, 0.1) is 15.6 Å². The molecule has 144 valence electrons. The van der Waals surface area contributed by atoms with E-state index in [0.29, 0.717) is 15.6 Å². The highest BCUT2D eigenvalue weighted by Gasteiger charge is 2.14. The number of nitrogens with zero attached hydrogens (tertiary/aromatic N) is 2. The maximum absolute atomic E-state index is 12.5. The van der Waals surface area contributed by atoms with E-state index in [4.69, 9.17) is 28.2 Å². The van der Waals surface area contributed by atoms with Crippen LogP contribution in [0.25, 0.3) is 10.9 Å². The predicted molar refractivity (Wildman–Crippen MR) is 117 cm³/mol. The van der Waals surface area contributed by atoms with Gasteiger partial charge in [0.25, 0.3) is 5.91 Å². The van der Waals surface area contributed by atoms with Gasteiger partial charge in [-0.25, -0.2) is 4.98 Å². The molecule has 0 unspecified atom stereocenters. The van der Waals surface area contributed by atoms with E-state index in [1.807, 2.05) is 18.2 Å². The molecule has 0 atom stereocenters. The quantitative estimate of drug-likeness (QED) is 0.564. The maximum Gasteiger partial charge on any atom is 0.255 e. The number of carbonyl (C=O) groups excluding carboxylic acids is 1. The maximum atomic E-state index is 12.5. The predicted octanol–water partition coefficient (Wildman–Crippen LogP) is 6.09. The lowest BCUT2D eigenvalue weighted by atomic mass is 10.1. The molecule has 28 heavy (non-hydrogen) atoms. The number of fused-ring (bicyclic) bond motifs is 1. The van der Waals surface area contributed by atoms with E-state index >= 15 is 0 Å². The van der Waals surface area contributed by atoms with Crippen LogP contribution in [0.15, 0.2) is 42.5 Å². The highest BCUT2D eigenvalue weighted by Crippen LogP contribution is 2.28. The smallest absolute Gasteiger partial charge is 0.255 e. The Labute approximate surface area is 174 Å². The van der Waals surface area contributed by atoms with Crippen molar-refractivity contribution in [1.82, 2.24) is 4.98 Å². The van der Waals surface area contributed by atoms with Crippen LogP contribution in [-0.4, -0.2) is 24.0 Å². The number of benzene rings is 2. The molecule has 1 aromatic heterocycles. The fourth-order valence-corrected chi connectivity index (χ4v) is 3.88. The van der Waals surface area contributed by atoms with Crippen molar-refractivity contribution in [3.8, 4) is 0 Å². The average molecular weight is 414 g/mol. The summed E-state index contributed by atoms with van der Waals surface area (Å²) in [5, 5.41) is 4.74. The molecule has 1 fully saturated rings. The van der Waals surface area contributed by atoms with Crippen molar-refractivity contribution < 1.29 is 4.79 Å². The number of piperidine rings is 1. The molecule has 2 heterocycles. The molecule has 4 rings (SSSR count). The first-order valence-electron chi connectivity index (χ1n) is 9.44. The third-order valence-electron chi connectivity index (χ3n) is 5.12. The molecule has 0 radical (unpaired) electrons. The van der Waals surface area contributed by atoms with Gasteiger partial charge in [-0.15, -0.1) is 0 Å². The van der Waals surface area contributed by atoms with Gasteiger partial charge >= 0.3 is 0 Å². The van der Waals surface area contributed by atoms with Crippen LogP contribution in [0.1, 0.15) is 35.2 Å². The van der Waals surface area contributed by atoms with Crippen LogP contribution in [0.5, 0.6) is 0 Å². The van der Waals surface area contributed by atoms with Crippen LogP contribution < -0.4 is 10.2 Å². The first kappa shape index (κ1) is 19.0. The van der Waals surface area contributed by atoms with Gasteiger partial charge < -0.3 is 10.2 Å². The molecule has 0 aliphatic carbocycles. The lowest BCUT2D eigenvalue weighted by Crippen LogP contribution is -2.30. The Morgan fingerprint density at radius 3 is 2.54 bits per heavy atom. The fourth-order valence-electron chi connectivity index (χ4n) is 3.58. The normalized spacial score (nSPS) is 14.3. The third kappa shape index (κ3) is 3.94. The number of amides is 1. The summed E-state index contributed by atoms with van der Waals surface area (Å²) >= 11 is 11.9. The molecule has 4 nitrogen and oxygen atoms in total. The summed E-state index contributed by atoms with van der Waals surface area (Å²) in [4.78, 5) is 19.7. The third-order valence-corrected chi connectivity index (χ3v) is 5.86. The van der Waals surface area contributed by atoms with Crippen molar-refractivity contribution in [3.63, 3.8) is 0 Å². The Morgan fingerprint density at radius 2 is 1.79 bits per heavy atom. The number of nitrogens with one attached hydrogen (secondary N) is 1. The molecule has 1 N–H and O–H groups in total. The summed E-state index contributed by atoms with van der Waals surface area (Å²) < 4.78 is 0. The van der Waals surface area contributed by atoms with Crippen LogP contribution >= 0.6 is 23.2 Å². The van der Waals surface area contributed by atoms with E-state index in [9.17, 15) is 4.79 Å². The van der Waals surface area contributed by atoms with Gasteiger partial charge in [-0.1, -0.05) is 23.2 Å². The summed E-state index contributed by atoms with van der Waals surface area (Å²) in [7, 11) is 0. The lowest BCUT2D eigenvalue weighted by Gasteiger charge is -2.28. The van der Waals surface area contributed by atoms with Crippen molar-refractivity contribution >= 4 is 51.5 Å². The zero-order valence-electron chi connectivity index (χ0n) is 15.6. The van der Waals surface area contributed by atoms with Gasteiger partial charge in [-0.2, -0.15) is 0 Å². The number of hydrogen-bond donors (Lipinski definition) is 1. The van der Waals surface area contributed by atoms with E-state index in [-0.39, 0.29) is 5.91 Å². The van der Waals surface area contributed by atoms with Gasteiger partial charge in [0.15, 0.2) is 0 Å². The molecule has 6 heteroatoms. The Hall–Kier alpha value is -2.30. The summed E-state index contributed by atoms with van der Waals surface area (Å²) in [6.07, 6.45) is 3.74. The van der Waals surface area contributed by atoms with Crippen LogP contribution in [0.3, 0.4) is 0 Å². The van der Waals surface area contributed by atoms with Crippen molar-refractivity contribution in [2.45, 2.75) is 26.2 Å². The number of anilines is 2. The van der Waals surface area contributed by atoms with E-state index in [2.05, 4.69) is 23.2 Å². The molecule has 2 aromatic carbocycles. The Morgan fingerprint density at radius 1 is 1.00 bits per heavy atom. The lowest BCUT2D eigenvalue weighted by molar-refractivity contribution is 0.102. The molecule has 0 spiro atoms. The van der Waals surface area contributed by atoms with E-state index in [0.717, 1.165) is 41.1 Å². The molecule has 1 amide bonds. The molecule has 0 bridgehead atoms. The standard InChI is InChI=1S/C22H21Cl2N3O/c1-14-11-21(27-9-3-2-4-10-27)26-20-8-6-16(13-17(14)20)25-22(28)15-5-7-18(23)19(24)12-15/h5-8,11-13H,2-4,9-10H2,1H3,(H,25,28). The van der Waals surface area contributed by atoms with Gasteiger partial charge in [0.2, 0.25) is 0 Å². The number of hydrogen-bond acceptors (Lipinski definition) is 3. The minimum atomic E-state index is -0.228. The summed E-state index contributed by atoms with van der Waals surface area (Å²) in [5.74, 6) is 0.811. The van der Waals surface area contributed by atoms with E-state index < -0.39 is 0 Å². The SMILES string of the molecule is Cc1cc(N2CCCCC2)nc2ccc(NC(=O)c3ccc(Cl)c(Cl)c3)cc12. The van der Waals surface area contributed by atoms with Gasteiger partial charge in [-0.05, 0) is 74.2 Å². The van der Waals surface area contributed by atoms with Crippen LogP contribution in [0.4, 0.5) is 11.5 Å². The Balaban J connectivity index is 1.59. The molecule has 3 aromatic rings. The van der Waals surface area contributed by atoms with Crippen molar-refractivity contribution in [2.75, 3.05) is 23.3 Å². The van der Waals surface area contributed by atoms with Gasteiger partial charge in [0.1, 0.15) is 5.82 Å². The fraction of sp³-hybridized carbons (Fsp3) is 0.273. The number of rotatable bonds is 3. The van der Waals surface area contributed by atoms with Crippen molar-refractivity contribution in [3.05, 3.63) is 63.6 Å². The summed E-state index contributed by atoms with van der Waals surface area (Å²) in [5.41, 5.74) is 3.27. The minimum Gasteiger partial charge on any atom is -0.357 e.